The summed E-state index contributed by atoms with van der Waals surface area (Å²) >= 11 is 0. The minimum atomic E-state index is -0.869. The van der Waals surface area contributed by atoms with Crippen molar-refractivity contribution in [2.45, 2.75) is 6.42 Å². The van der Waals surface area contributed by atoms with Gasteiger partial charge in [0.2, 0.25) is 0 Å². The molecule has 3 rings (SSSR count). The number of benzene rings is 2. The number of nitrogens with zero attached hydrogens (tertiary/aromatic N) is 2. The van der Waals surface area contributed by atoms with Gasteiger partial charge in [0.25, 0.3) is 10.2 Å². The maximum atomic E-state index is 10.4. The van der Waals surface area contributed by atoms with Crippen LogP contribution in [-0.4, -0.2) is 10.2 Å². The van der Waals surface area contributed by atoms with Crippen molar-refractivity contribution < 1.29 is 19.8 Å². The van der Waals surface area contributed by atoms with E-state index in [1.54, 1.807) is 24.3 Å². The Morgan fingerprint density at radius 1 is 0.810 bits per heavy atom. The van der Waals surface area contributed by atoms with E-state index in [1.165, 1.54) is 12.1 Å². The third-order valence-electron chi connectivity index (χ3n) is 3.19. The first-order valence-corrected chi connectivity index (χ1v) is 5.94. The van der Waals surface area contributed by atoms with Crippen LogP contribution in [0.5, 0.6) is 11.5 Å². The Bertz CT molecular complexity index is 758. The van der Waals surface area contributed by atoms with E-state index in [4.69, 9.17) is 0 Å². The van der Waals surface area contributed by atoms with E-state index in [0.717, 1.165) is 22.3 Å². The molecule has 0 aromatic heterocycles. The molecule has 106 valence electrons. The summed E-state index contributed by atoms with van der Waals surface area (Å²) in [5.74, 6) is 0.283. The zero-order chi connectivity index (χ0) is 15.0. The number of hydrogen-bond acceptors (Lipinski definition) is 6. The van der Waals surface area contributed by atoms with Crippen molar-refractivity contribution in [1.29, 1.82) is 0 Å². The first-order chi connectivity index (χ1) is 10.0. The third kappa shape index (κ3) is 2.46. The Kier molecular flexibility index (Phi) is 2.90. The third-order valence-corrected chi connectivity index (χ3v) is 3.19. The van der Waals surface area contributed by atoms with E-state index in [-0.39, 0.29) is 11.5 Å². The highest BCUT2D eigenvalue weighted by Gasteiger charge is 2.20. The lowest BCUT2D eigenvalue weighted by Crippen LogP contribution is -2.03. The van der Waals surface area contributed by atoms with Gasteiger partial charge in [-0.15, -0.1) is 20.2 Å². The Labute approximate surface area is 117 Å². The number of rotatable bonds is 4. The zero-order valence-electron chi connectivity index (χ0n) is 10.5. The first-order valence-electron chi connectivity index (χ1n) is 5.94. The average molecular weight is 288 g/mol. The summed E-state index contributed by atoms with van der Waals surface area (Å²) in [6.07, 6.45) is 0.582. The van der Waals surface area contributed by atoms with Crippen molar-refractivity contribution >= 4 is 0 Å². The van der Waals surface area contributed by atoms with Crippen LogP contribution < -0.4 is 9.68 Å². The standard InChI is InChI=1S/C13H8N2O6/c16-14(17)20-10-3-4-12-9(6-10)5-8-1-2-11(7-13(8)12)21-15(18)19/h1-4,6-7H,5H2. The van der Waals surface area contributed by atoms with Crippen molar-refractivity contribution in [3.63, 3.8) is 0 Å². The van der Waals surface area contributed by atoms with Crippen LogP contribution in [0.25, 0.3) is 11.1 Å². The van der Waals surface area contributed by atoms with E-state index in [9.17, 15) is 20.2 Å². The molecule has 1 aliphatic rings. The predicted octanol–water partition coefficient (Wildman–Crippen LogP) is 2.40. The molecule has 8 nitrogen and oxygen atoms in total. The van der Waals surface area contributed by atoms with Gasteiger partial charge in [-0.2, -0.15) is 0 Å². The van der Waals surface area contributed by atoms with Gasteiger partial charge >= 0.3 is 0 Å². The Hall–Kier alpha value is -3.16. The lowest BCUT2D eigenvalue weighted by atomic mass is 10.1. The fraction of sp³-hybridized carbons (Fsp3) is 0.0769. The molecule has 2 aromatic rings. The highest BCUT2D eigenvalue weighted by Crippen LogP contribution is 2.40. The summed E-state index contributed by atoms with van der Waals surface area (Å²) < 4.78 is 0. The first kappa shape index (κ1) is 12.9. The maximum Gasteiger partial charge on any atom is 0.299 e. The van der Waals surface area contributed by atoms with Crippen molar-refractivity contribution in [1.82, 2.24) is 0 Å². The molecule has 0 unspecified atom stereocenters. The van der Waals surface area contributed by atoms with E-state index >= 15 is 0 Å². The van der Waals surface area contributed by atoms with Gasteiger partial charge in [0.1, 0.15) is 11.5 Å². The Morgan fingerprint density at radius 3 is 2.10 bits per heavy atom. The Morgan fingerprint density at radius 2 is 1.43 bits per heavy atom. The topological polar surface area (TPSA) is 105 Å². The van der Waals surface area contributed by atoms with Gasteiger partial charge in [0.15, 0.2) is 0 Å². The molecule has 2 aromatic carbocycles. The van der Waals surface area contributed by atoms with Crippen LogP contribution in [0.2, 0.25) is 0 Å². The number of hydrogen-bond donors (Lipinski definition) is 0. The molecule has 0 fully saturated rings. The second-order valence-corrected chi connectivity index (χ2v) is 4.44. The van der Waals surface area contributed by atoms with Crippen LogP contribution in [0.4, 0.5) is 0 Å². The quantitative estimate of drug-likeness (QED) is 0.539. The lowest BCUT2D eigenvalue weighted by Gasteiger charge is -2.04. The van der Waals surface area contributed by atoms with Crippen LogP contribution in [0.1, 0.15) is 11.1 Å². The van der Waals surface area contributed by atoms with Crippen LogP contribution in [0.3, 0.4) is 0 Å². The van der Waals surface area contributed by atoms with Gasteiger partial charge in [-0.3, -0.25) is 9.68 Å². The Balaban J connectivity index is 1.97. The number of fused-ring (bicyclic) bond motifs is 3. The fourth-order valence-corrected chi connectivity index (χ4v) is 2.43. The largest absolute Gasteiger partial charge is 0.299 e. The molecule has 0 N–H and O–H groups in total. The van der Waals surface area contributed by atoms with Gasteiger partial charge in [0.05, 0.1) is 0 Å². The summed E-state index contributed by atoms with van der Waals surface area (Å²) in [5, 5.41) is 19.0. The van der Waals surface area contributed by atoms with E-state index < -0.39 is 10.2 Å². The zero-order valence-corrected chi connectivity index (χ0v) is 10.5. The molecular formula is C13H8N2O6. The second kappa shape index (κ2) is 4.75. The summed E-state index contributed by atoms with van der Waals surface area (Å²) in [6, 6.07) is 9.60. The fourth-order valence-electron chi connectivity index (χ4n) is 2.43. The highest BCUT2D eigenvalue weighted by atomic mass is 17.0. The van der Waals surface area contributed by atoms with Gasteiger partial charge in [-0.05, 0) is 52.9 Å². The van der Waals surface area contributed by atoms with Crippen molar-refractivity contribution in [2.75, 3.05) is 0 Å². The molecule has 21 heavy (non-hydrogen) atoms. The van der Waals surface area contributed by atoms with Crippen LogP contribution in [0.15, 0.2) is 36.4 Å². The summed E-state index contributed by atoms with van der Waals surface area (Å²) in [4.78, 5) is 29.6. The van der Waals surface area contributed by atoms with Crippen molar-refractivity contribution in [3.8, 4) is 22.6 Å². The summed E-state index contributed by atoms with van der Waals surface area (Å²) in [5.41, 5.74) is 3.51. The molecule has 1 aliphatic carbocycles. The molecule has 0 saturated carbocycles. The van der Waals surface area contributed by atoms with Gasteiger partial charge in [0, 0.05) is 0 Å². The van der Waals surface area contributed by atoms with E-state index in [0.29, 0.717) is 6.42 Å². The predicted molar refractivity (Wildman–Crippen MR) is 69.9 cm³/mol. The van der Waals surface area contributed by atoms with E-state index in [2.05, 4.69) is 9.68 Å². The molecular weight excluding hydrogens is 280 g/mol. The molecule has 0 atom stereocenters. The molecule has 8 heteroatoms. The second-order valence-electron chi connectivity index (χ2n) is 4.44. The monoisotopic (exact) mass is 288 g/mol. The maximum absolute atomic E-state index is 10.4. The summed E-state index contributed by atoms with van der Waals surface area (Å²) in [7, 11) is 0. The van der Waals surface area contributed by atoms with Crippen molar-refractivity contribution in [2.24, 2.45) is 0 Å². The van der Waals surface area contributed by atoms with Crippen LogP contribution >= 0.6 is 0 Å². The van der Waals surface area contributed by atoms with Crippen molar-refractivity contribution in [3.05, 3.63) is 67.8 Å². The molecule has 0 spiro atoms. The molecule has 0 aliphatic heterocycles. The SMILES string of the molecule is O=[N+]([O-])Oc1ccc2c(c1)Cc1ccc(O[N+](=O)[O-])cc1-2. The van der Waals surface area contributed by atoms with Gasteiger partial charge in [-0.25, -0.2) is 0 Å². The minimum absolute atomic E-state index is 0.136. The lowest BCUT2D eigenvalue weighted by molar-refractivity contribution is -0.711. The van der Waals surface area contributed by atoms with E-state index in [1.807, 2.05) is 0 Å². The molecule has 0 saturated heterocycles. The average Bonchev–Trinajstić information content (AvgIpc) is 2.74. The molecule has 0 amide bonds. The summed E-state index contributed by atoms with van der Waals surface area (Å²) in [6.45, 7) is 0. The minimum Gasteiger partial charge on any atom is -0.276 e. The van der Waals surface area contributed by atoms with Gasteiger partial charge in [-0.1, -0.05) is 12.1 Å². The van der Waals surface area contributed by atoms with Crippen LogP contribution in [0, 0.1) is 20.2 Å². The highest BCUT2D eigenvalue weighted by molar-refractivity contribution is 5.78. The molecule has 0 radical (unpaired) electrons. The smallest absolute Gasteiger partial charge is 0.276 e. The van der Waals surface area contributed by atoms with Crippen LogP contribution in [-0.2, 0) is 6.42 Å². The normalized spacial score (nSPS) is 11.4. The molecule has 0 heterocycles. The molecule has 0 bridgehead atoms. The van der Waals surface area contributed by atoms with Gasteiger partial charge < -0.3 is 0 Å².